The van der Waals surface area contributed by atoms with E-state index in [0.29, 0.717) is 18.7 Å². The van der Waals surface area contributed by atoms with Crippen molar-refractivity contribution < 1.29 is 21.6 Å². The highest BCUT2D eigenvalue weighted by molar-refractivity contribution is 7.93. The molecule has 1 fully saturated rings. The van der Waals surface area contributed by atoms with Crippen LogP contribution >= 0.6 is 23.2 Å². The molecule has 0 spiro atoms. The minimum Gasteiger partial charge on any atom is -0.343 e. The molecule has 31 heavy (non-hydrogen) atoms. The van der Waals surface area contributed by atoms with Crippen LogP contribution in [0.25, 0.3) is 0 Å². The van der Waals surface area contributed by atoms with Gasteiger partial charge in [-0.3, -0.25) is 0 Å². The Morgan fingerprint density at radius 3 is 2.39 bits per heavy atom. The zero-order chi connectivity index (χ0) is 22.6. The normalized spacial score (nSPS) is 20.5. The van der Waals surface area contributed by atoms with E-state index in [0.717, 1.165) is 30.0 Å². The van der Waals surface area contributed by atoms with E-state index in [1.54, 1.807) is 6.07 Å². The van der Waals surface area contributed by atoms with E-state index < -0.39 is 27.9 Å². The van der Waals surface area contributed by atoms with Crippen molar-refractivity contribution in [3.8, 4) is 0 Å². The summed E-state index contributed by atoms with van der Waals surface area (Å²) in [6.07, 6.45) is -2.31. The molecule has 1 atom stereocenters. The second kappa shape index (κ2) is 7.99. The predicted octanol–water partition coefficient (Wildman–Crippen LogP) is 5.27. The molecule has 0 saturated carbocycles. The lowest BCUT2D eigenvalue weighted by Crippen LogP contribution is -2.40. The molecule has 2 aliphatic rings. The van der Waals surface area contributed by atoms with Crippen LogP contribution in [-0.2, 0) is 16.2 Å². The number of hydrogen-bond donors (Lipinski definition) is 1. The molecular formula is C19H19Cl2F3N4O2S. The summed E-state index contributed by atoms with van der Waals surface area (Å²) < 4.78 is 69.7. The highest BCUT2D eigenvalue weighted by Crippen LogP contribution is 2.43. The van der Waals surface area contributed by atoms with Gasteiger partial charge >= 0.3 is 6.18 Å². The van der Waals surface area contributed by atoms with Crippen LogP contribution in [0, 0.1) is 0 Å². The van der Waals surface area contributed by atoms with Gasteiger partial charge in [0.05, 0.1) is 10.0 Å². The number of alkyl halides is 3. The Hall–Kier alpha value is -1.75. The van der Waals surface area contributed by atoms with Gasteiger partial charge in [-0.25, -0.2) is 13.1 Å². The van der Waals surface area contributed by atoms with E-state index in [2.05, 4.69) is 10.4 Å². The molecule has 0 radical (unpaired) electrons. The van der Waals surface area contributed by atoms with Crippen LogP contribution in [-0.4, -0.2) is 35.6 Å². The fourth-order valence-corrected chi connectivity index (χ4v) is 6.23. The molecule has 4 rings (SSSR count). The Morgan fingerprint density at radius 1 is 1.10 bits per heavy atom. The summed E-state index contributed by atoms with van der Waals surface area (Å²) in [6.45, 7) is 2.24. The molecule has 2 aromatic rings. The Kier molecular flexibility index (Phi) is 5.78. The summed E-state index contributed by atoms with van der Waals surface area (Å²) in [5.74, 6) is 0.0403. The number of anilines is 1. The van der Waals surface area contributed by atoms with Crippen LogP contribution in [0.3, 0.4) is 0 Å². The van der Waals surface area contributed by atoms with Gasteiger partial charge in [0.2, 0.25) is 10.0 Å². The van der Waals surface area contributed by atoms with Crippen molar-refractivity contribution in [3.05, 3.63) is 56.2 Å². The molecular weight excluding hydrogens is 476 g/mol. The summed E-state index contributed by atoms with van der Waals surface area (Å²) in [5.41, 5.74) is -0.517. The van der Waals surface area contributed by atoms with Crippen LogP contribution in [0.4, 0.5) is 19.0 Å². The fourth-order valence-electron chi connectivity index (χ4n) is 3.95. The average molecular weight is 495 g/mol. The fraction of sp³-hybridized carbons (Fsp3) is 0.421. The largest absolute Gasteiger partial charge is 0.435 e. The number of rotatable bonds is 3. The van der Waals surface area contributed by atoms with E-state index in [9.17, 15) is 21.6 Å². The molecule has 1 N–H and O–H groups in total. The molecule has 1 aromatic carbocycles. The molecule has 0 bridgehead atoms. The van der Waals surface area contributed by atoms with Crippen LogP contribution in [0.2, 0.25) is 10.0 Å². The molecule has 1 unspecified atom stereocenters. The van der Waals surface area contributed by atoms with E-state index in [1.807, 2.05) is 0 Å². The van der Waals surface area contributed by atoms with Gasteiger partial charge in [-0.15, -0.1) is 0 Å². The van der Waals surface area contributed by atoms with Gasteiger partial charge < -0.3 is 5.32 Å². The monoisotopic (exact) mass is 494 g/mol. The first-order chi connectivity index (χ1) is 14.5. The lowest BCUT2D eigenvalue weighted by molar-refractivity contribution is -0.141. The summed E-state index contributed by atoms with van der Waals surface area (Å²) in [4.78, 5) is -0.0582. The zero-order valence-corrected chi connectivity index (χ0v) is 18.7. The Bertz CT molecular complexity index is 1160. The second-order valence-corrected chi connectivity index (χ2v) is 10.2. The first-order valence-corrected chi connectivity index (χ1v) is 11.8. The molecule has 1 saturated heterocycles. The number of hydrogen-bond acceptors (Lipinski definition) is 4. The number of aromatic nitrogens is 2. The van der Waals surface area contributed by atoms with E-state index in [4.69, 9.17) is 23.2 Å². The molecule has 1 aromatic heterocycles. The number of nitrogens with zero attached hydrogens (tertiary/aromatic N) is 3. The van der Waals surface area contributed by atoms with Crippen LogP contribution in [0.5, 0.6) is 0 Å². The lowest BCUT2D eigenvalue weighted by Gasteiger charge is -2.34. The minimum atomic E-state index is -4.69. The summed E-state index contributed by atoms with van der Waals surface area (Å²) in [5, 5.41) is 6.91. The molecule has 2 aliphatic heterocycles. The van der Waals surface area contributed by atoms with Crippen LogP contribution in [0.15, 0.2) is 34.9 Å². The Balaban J connectivity index is 1.91. The van der Waals surface area contributed by atoms with Crippen molar-refractivity contribution in [3.63, 3.8) is 0 Å². The van der Waals surface area contributed by atoms with Gasteiger partial charge in [-0.1, -0.05) is 35.7 Å². The first-order valence-electron chi connectivity index (χ1n) is 9.60. The van der Waals surface area contributed by atoms with E-state index in [-0.39, 0.29) is 26.5 Å². The number of allylic oxidation sites excluding steroid dienone is 2. The predicted molar refractivity (Wildman–Crippen MR) is 112 cm³/mol. The van der Waals surface area contributed by atoms with E-state index in [1.165, 1.54) is 23.4 Å². The Labute approximate surface area is 187 Å². The highest BCUT2D eigenvalue weighted by atomic mass is 35.5. The summed E-state index contributed by atoms with van der Waals surface area (Å²) >= 11 is 12.2. The van der Waals surface area contributed by atoms with Gasteiger partial charge in [0, 0.05) is 24.9 Å². The number of benzene rings is 1. The quantitative estimate of drug-likeness (QED) is 0.630. The van der Waals surface area contributed by atoms with Crippen LogP contribution < -0.4 is 5.32 Å². The number of halogens is 5. The van der Waals surface area contributed by atoms with E-state index >= 15 is 0 Å². The summed E-state index contributed by atoms with van der Waals surface area (Å²) in [6, 6.07) is 4.21. The van der Waals surface area contributed by atoms with Crippen LogP contribution in [0.1, 0.15) is 43.5 Å². The van der Waals surface area contributed by atoms with Gasteiger partial charge in [0.15, 0.2) is 5.69 Å². The first kappa shape index (κ1) is 22.4. The number of sulfonamides is 1. The number of piperidine rings is 1. The molecule has 0 aliphatic carbocycles. The second-order valence-electron chi connectivity index (χ2n) is 7.51. The minimum absolute atomic E-state index is 0.0403. The van der Waals surface area contributed by atoms with Gasteiger partial charge in [-0.2, -0.15) is 22.6 Å². The number of nitrogens with one attached hydrogen (secondary N) is 1. The van der Waals surface area contributed by atoms with Crippen molar-refractivity contribution >= 4 is 39.0 Å². The average Bonchev–Trinajstić information content (AvgIpc) is 3.14. The number of fused-ring (bicyclic) bond motifs is 1. The standard InChI is InChI=1S/C19H19Cl2F3N4O2S/c1-11-18(31(29,30)27-7-3-2-4-8-27)17(12-5-6-13(20)14(21)9-12)28-16(25-11)10-15(26-28)19(22,23)24/h5-6,9-10,17,25H,2-4,7-8H2,1H3. The van der Waals surface area contributed by atoms with Crippen molar-refractivity contribution in [1.29, 1.82) is 0 Å². The van der Waals surface area contributed by atoms with Gasteiger partial charge in [-0.05, 0) is 37.5 Å². The highest BCUT2D eigenvalue weighted by Gasteiger charge is 2.43. The zero-order valence-electron chi connectivity index (χ0n) is 16.4. The molecule has 0 amide bonds. The third-order valence-electron chi connectivity index (χ3n) is 5.40. The van der Waals surface area contributed by atoms with Gasteiger partial charge in [0.1, 0.15) is 16.8 Å². The molecule has 12 heteroatoms. The Morgan fingerprint density at radius 2 is 1.77 bits per heavy atom. The molecule has 3 heterocycles. The van der Waals surface area contributed by atoms with Crippen molar-refractivity contribution in [2.24, 2.45) is 0 Å². The van der Waals surface area contributed by atoms with Crippen molar-refractivity contribution in [2.45, 2.75) is 38.4 Å². The molecule has 6 nitrogen and oxygen atoms in total. The SMILES string of the molecule is CC1=C(S(=O)(=O)N2CCCCC2)C(c2ccc(Cl)c(Cl)c2)n2nc(C(F)(F)F)cc2N1. The molecule has 168 valence electrons. The van der Waals surface area contributed by atoms with Gasteiger partial charge in [0.25, 0.3) is 0 Å². The lowest BCUT2D eigenvalue weighted by atomic mass is 10.0. The van der Waals surface area contributed by atoms with Crippen molar-refractivity contribution in [1.82, 2.24) is 14.1 Å². The maximum atomic E-state index is 13.6. The maximum Gasteiger partial charge on any atom is 0.435 e. The topological polar surface area (TPSA) is 67.2 Å². The van der Waals surface area contributed by atoms with Crippen molar-refractivity contribution in [2.75, 3.05) is 18.4 Å². The third kappa shape index (κ3) is 4.06. The smallest absolute Gasteiger partial charge is 0.343 e. The third-order valence-corrected chi connectivity index (χ3v) is 8.27. The summed E-state index contributed by atoms with van der Waals surface area (Å²) in [7, 11) is -3.99. The maximum absolute atomic E-state index is 13.6.